The van der Waals surface area contributed by atoms with E-state index in [-0.39, 0.29) is 5.91 Å². The Morgan fingerprint density at radius 2 is 2.15 bits per heavy atom. The molecule has 1 amide bonds. The molecule has 4 heteroatoms. The molecule has 4 nitrogen and oxygen atoms in total. The van der Waals surface area contributed by atoms with Crippen molar-refractivity contribution in [3.8, 4) is 0 Å². The molecule has 0 aromatic heterocycles. The zero-order chi connectivity index (χ0) is 14.1. The molecular formula is C16H23N3O. The first-order valence-corrected chi connectivity index (χ1v) is 7.51. The number of piperazine rings is 1. The fraction of sp³-hybridized carbons (Fsp3) is 0.562. The minimum atomic E-state index is 0.183. The summed E-state index contributed by atoms with van der Waals surface area (Å²) in [5, 5.41) is 3.14. The van der Waals surface area contributed by atoms with E-state index >= 15 is 0 Å². The van der Waals surface area contributed by atoms with Gasteiger partial charge in [0, 0.05) is 44.0 Å². The minimum Gasteiger partial charge on any atom is -0.388 e. The molecule has 0 bridgehead atoms. The molecule has 0 spiro atoms. The van der Waals surface area contributed by atoms with E-state index < -0.39 is 0 Å². The first-order valence-electron chi connectivity index (χ1n) is 7.51. The molecule has 3 rings (SSSR count). The van der Waals surface area contributed by atoms with Gasteiger partial charge < -0.3 is 10.2 Å². The number of amides is 1. The van der Waals surface area contributed by atoms with E-state index in [1.54, 1.807) is 0 Å². The van der Waals surface area contributed by atoms with Crippen LogP contribution >= 0.6 is 0 Å². The van der Waals surface area contributed by atoms with E-state index in [2.05, 4.69) is 10.2 Å². The number of fused-ring (bicyclic) bond motifs is 1. The summed E-state index contributed by atoms with van der Waals surface area (Å²) < 4.78 is 0. The van der Waals surface area contributed by atoms with Crippen molar-refractivity contribution >= 4 is 11.6 Å². The van der Waals surface area contributed by atoms with Gasteiger partial charge in [-0.3, -0.25) is 9.69 Å². The maximum Gasteiger partial charge on any atom is 0.253 e. The van der Waals surface area contributed by atoms with Gasteiger partial charge in [0.2, 0.25) is 0 Å². The molecule has 2 aliphatic rings. The Balaban J connectivity index is 1.74. The van der Waals surface area contributed by atoms with E-state index in [0.717, 1.165) is 36.4 Å². The summed E-state index contributed by atoms with van der Waals surface area (Å²) in [7, 11) is 1.91. The average Bonchev–Trinajstić information content (AvgIpc) is 2.93. The smallest absolute Gasteiger partial charge is 0.253 e. The second kappa shape index (κ2) is 5.44. The first-order chi connectivity index (χ1) is 9.69. The molecule has 2 fully saturated rings. The van der Waals surface area contributed by atoms with Crippen LogP contribution in [0.25, 0.3) is 0 Å². The fourth-order valence-electron chi connectivity index (χ4n) is 3.44. The number of nitrogens with zero attached hydrogens (tertiary/aromatic N) is 2. The lowest BCUT2D eigenvalue weighted by atomic mass is 10.1. The number of anilines is 1. The summed E-state index contributed by atoms with van der Waals surface area (Å²) in [4.78, 5) is 17.2. The van der Waals surface area contributed by atoms with Gasteiger partial charge in [0.15, 0.2) is 0 Å². The maximum absolute atomic E-state index is 12.6. The topological polar surface area (TPSA) is 35.6 Å². The lowest BCUT2D eigenvalue weighted by molar-refractivity contribution is 0.0571. The number of carbonyl (C=O) groups is 1. The fourth-order valence-corrected chi connectivity index (χ4v) is 3.44. The third-order valence-electron chi connectivity index (χ3n) is 4.62. The van der Waals surface area contributed by atoms with Crippen LogP contribution in [0, 0.1) is 6.92 Å². The lowest BCUT2D eigenvalue weighted by Gasteiger charge is -2.37. The molecule has 1 aromatic rings. The highest BCUT2D eigenvalue weighted by Gasteiger charge is 2.32. The quantitative estimate of drug-likeness (QED) is 0.894. The Bertz CT molecular complexity index is 514. The summed E-state index contributed by atoms with van der Waals surface area (Å²) in [6.07, 6.45) is 2.52. The van der Waals surface area contributed by atoms with E-state index in [1.807, 2.05) is 37.1 Å². The molecule has 20 heavy (non-hydrogen) atoms. The van der Waals surface area contributed by atoms with E-state index in [9.17, 15) is 4.79 Å². The van der Waals surface area contributed by atoms with Crippen molar-refractivity contribution in [2.75, 3.05) is 38.5 Å². The minimum absolute atomic E-state index is 0.183. The number of benzene rings is 1. The molecule has 2 saturated heterocycles. The van der Waals surface area contributed by atoms with Gasteiger partial charge >= 0.3 is 0 Å². The van der Waals surface area contributed by atoms with Crippen LogP contribution in [0.1, 0.15) is 28.8 Å². The van der Waals surface area contributed by atoms with E-state index in [4.69, 9.17) is 0 Å². The Morgan fingerprint density at radius 3 is 2.90 bits per heavy atom. The standard InChI is InChI=1S/C16H23N3O/c1-12-10-13(5-6-15(12)17-2)16(20)19-9-8-18-7-3-4-14(18)11-19/h5-6,10,14,17H,3-4,7-9,11H2,1-2H3. The molecule has 0 aliphatic carbocycles. The van der Waals surface area contributed by atoms with Crippen LogP contribution in [0.3, 0.4) is 0 Å². The maximum atomic E-state index is 12.6. The number of carbonyl (C=O) groups excluding carboxylic acids is 1. The van der Waals surface area contributed by atoms with Gasteiger partial charge in [0.05, 0.1) is 0 Å². The predicted octanol–water partition coefficient (Wildman–Crippen LogP) is 1.96. The van der Waals surface area contributed by atoms with Crippen LogP contribution in [-0.2, 0) is 0 Å². The molecule has 2 heterocycles. The molecular weight excluding hydrogens is 250 g/mol. The molecule has 108 valence electrons. The molecule has 1 atom stereocenters. The highest BCUT2D eigenvalue weighted by molar-refractivity contribution is 5.95. The normalized spacial score (nSPS) is 22.7. The average molecular weight is 273 g/mol. The van der Waals surface area contributed by atoms with E-state index in [1.165, 1.54) is 19.4 Å². The Morgan fingerprint density at radius 1 is 1.30 bits per heavy atom. The number of nitrogens with one attached hydrogen (secondary N) is 1. The van der Waals surface area contributed by atoms with Crippen molar-refractivity contribution in [2.45, 2.75) is 25.8 Å². The third kappa shape index (κ3) is 2.40. The Kier molecular flexibility index (Phi) is 3.66. The van der Waals surface area contributed by atoms with Gasteiger partial charge in [-0.15, -0.1) is 0 Å². The lowest BCUT2D eigenvalue weighted by Crippen LogP contribution is -2.52. The Labute approximate surface area is 120 Å². The predicted molar refractivity (Wildman–Crippen MR) is 81.2 cm³/mol. The van der Waals surface area contributed by atoms with Crippen LogP contribution in [0.15, 0.2) is 18.2 Å². The van der Waals surface area contributed by atoms with Crippen LogP contribution < -0.4 is 5.32 Å². The third-order valence-corrected chi connectivity index (χ3v) is 4.62. The number of hydrogen-bond donors (Lipinski definition) is 1. The molecule has 0 radical (unpaired) electrons. The highest BCUT2D eigenvalue weighted by atomic mass is 16.2. The van der Waals surface area contributed by atoms with Gasteiger partial charge in [-0.25, -0.2) is 0 Å². The number of rotatable bonds is 2. The van der Waals surface area contributed by atoms with Crippen molar-refractivity contribution < 1.29 is 4.79 Å². The van der Waals surface area contributed by atoms with Gasteiger partial charge in [0.1, 0.15) is 0 Å². The van der Waals surface area contributed by atoms with Crippen LogP contribution in [0.2, 0.25) is 0 Å². The van der Waals surface area contributed by atoms with Crippen molar-refractivity contribution in [1.82, 2.24) is 9.80 Å². The SMILES string of the molecule is CNc1ccc(C(=O)N2CCN3CCCC3C2)cc1C. The largest absolute Gasteiger partial charge is 0.388 e. The van der Waals surface area contributed by atoms with Gasteiger partial charge in [0.25, 0.3) is 5.91 Å². The monoisotopic (exact) mass is 273 g/mol. The van der Waals surface area contributed by atoms with Crippen molar-refractivity contribution in [3.63, 3.8) is 0 Å². The van der Waals surface area contributed by atoms with Crippen molar-refractivity contribution in [3.05, 3.63) is 29.3 Å². The van der Waals surface area contributed by atoms with Crippen LogP contribution in [0.5, 0.6) is 0 Å². The summed E-state index contributed by atoms with van der Waals surface area (Å²) >= 11 is 0. The van der Waals surface area contributed by atoms with Gasteiger partial charge in [-0.05, 0) is 50.1 Å². The summed E-state index contributed by atoms with van der Waals surface area (Å²) in [5.74, 6) is 0.183. The van der Waals surface area contributed by atoms with Gasteiger partial charge in [-0.2, -0.15) is 0 Å². The second-order valence-electron chi connectivity index (χ2n) is 5.86. The van der Waals surface area contributed by atoms with Crippen LogP contribution in [0.4, 0.5) is 5.69 Å². The second-order valence-corrected chi connectivity index (χ2v) is 5.86. The zero-order valence-electron chi connectivity index (χ0n) is 12.4. The summed E-state index contributed by atoms with van der Waals surface area (Å²) in [6, 6.07) is 6.51. The number of aryl methyl sites for hydroxylation is 1. The molecule has 1 aromatic carbocycles. The van der Waals surface area contributed by atoms with Crippen LogP contribution in [-0.4, -0.2) is 55.0 Å². The molecule has 2 aliphatic heterocycles. The summed E-state index contributed by atoms with van der Waals surface area (Å²) in [5.41, 5.74) is 3.02. The highest BCUT2D eigenvalue weighted by Crippen LogP contribution is 2.23. The Hall–Kier alpha value is -1.55. The zero-order valence-corrected chi connectivity index (χ0v) is 12.4. The molecule has 1 N–H and O–H groups in total. The van der Waals surface area contributed by atoms with E-state index in [0.29, 0.717) is 6.04 Å². The molecule has 1 unspecified atom stereocenters. The first kappa shape index (κ1) is 13.4. The summed E-state index contributed by atoms with van der Waals surface area (Å²) in [6.45, 7) is 6.04. The molecule has 0 saturated carbocycles. The van der Waals surface area contributed by atoms with Gasteiger partial charge in [-0.1, -0.05) is 0 Å². The van der Waals surface area contributed by atoms with Crippen molar-refractivity contribution in [2.24, 2.45) is 0 Å². The number of hydrogen-bond acceptors (Lipinski definition) is 3. The van der Waals surface area contributed by atoms with Crippen molar-refractivity contribution in [1.29, 1.82) is 0 Å².